The Balaban J connectivity index is 1.80. The minimum Gasteiger partial charge on any atom is -0.348 e. The van der Waals surface area contributed by atoms with E-state index in [0.29, 0.717) is 17.7 Å². The predicted molar refractivity (Wildman–Crippen MR) is 86.3 cm³/mol. The van der Waals surface area contributed by atoms with Crippen LogP contribution in [0.2, 0.25) is 0 Å². The van der Waals surface area contributed by atoms with E-state index in [9.17, 15) is 9.18 Å². The fourth-order valence-electron chi connectivity index (χ4n) is 2.52. The molecule has 22 heavy (non-hydrogen) atoms. The first kappa shape index (κ1) is 14.3. The van der Waals surface area contributed by atoms with Crippen LogP contribution in [0, 0.1) is 12.7 Å². The van der Waals surface area contributed by atoms with E-state index in [-0.39, 0.29) is 11.7 Å². The fraction of sp³-hybridized carbons (Fsp3) is 0.105. The lowest BCUT2D eigenvalue weighted by atomic mass is 10.0. The van der Waals surface area contributed by atoms with Crippen LogP contribution in [0.4, 0.5) is 4.39 Å². The fourth-order valence-corrected chi connectivity index (χ4v) is 2.52. The molecule has 3 rings (SSSR count). The number of carbonyl (C=O) groups is 1. The molecule has 0 spiro atoms. The molecule has 0 aliphatic heterocycles. The molecular weight excluding hydrogens is 277 g/mol. The van der Waals surface area contributed by atoms with Crippen molar-refractivity contribution in [2.45, 2.75) is 13.5 Å². The van der Waals surface area contributed by atoms with Gasteiger partial charge in [0.2, 0.25) is 0 Å². The van der Waals surface area contributed by atoms with E-state index in [0.717, 1.165) is 16.3 Å². The van der Waals surface area contributed by atoms with Gasteiger partial charge in [-0.1, -0.05) is 48.5 Å². The van der Waals surface area contributed by atoms with Crippen LogP contribution in [0.3, 0.4) is 0 Å². The van der Waals surface area contributed by atoms with E-state index < -0.39 is 0 Å². The summed E-state index contributed by atoms with van der Waals surface area (Å²) >= 11 is 0. The third kappa shape index (κ3) is 2.84. The third-order valence-electron chi connectivity index (χ3n) is 3.71. The van der Waals surface area contributed by atoms with Gasteiger partial charge in [0.05, 0.1) is 0 Å². The first-order chi connectivity index (χ1) is 10.6. The van der Waals surface area contributed by atoms with Crippen LogP contribution in [0.5, 0.6) is 0 Å². The zero-order chi connectivity index (χ0) is 15.5. The Morgan fingerprint density at radius 3 is 2.64 bits per heavy atom. The van der Waals surface area contributed by atoms with E-state index in [2.05, 4.69) is 5.32 Å². The zero-order valence-corrected chi connectivity index (χ0v) is 12.3. The van der Waals surface area contributed by atoms with Crippen LogP contribution in [-0.4, -0.2) is 5.91 Å². The van der Waals surface area contributed by atoms with Crippen molar-refractivity contribution in [3.8, 4) is 0 Å². The van der Waals surface area contributed by atoms with Crippen LogP contribution in [0.15, 0.2) is 60.7 Å². The normalized spacial score (nSPS) is 10.6. The molecule has 0 aliphatic rings. The van der Waals surface area contributed by atoms with Crippen LogP contribution in [-0.2, 0) is 6.54 Å². The molecule has 0 heterocycles. The average molecular weight is 293 g/mol. The van der Waals surface area contributed by atoms with E-state index in [1.807, 2.05) is 42.5 Å². The van der Waals surface area contributed by atoms with Crippen LogP contribution >= 0.6 is 0 Å². The zero-order valence-electron chi connectivity index (χ0n) is 12.3. The highest BCUT2D eigenvalue weighted by atomic mass is 19.1. The molecule has 0 aliphatic carbocycles. The van der Waals surface area contributed by atoms with Gasteiger partial charge in [0.25, 0.3) is 5.91 Å². The van der Waals surface area contributed by atoms with E-state index in [1.165, 1.54) is 6.07 Å². The monoisotopic (exact) mass is 293 g/mol. The first-order valence-corrected chi connectivity index (χ1v) is 7.16. The molecule has 0 unspecified atom stereocenters. The molecule has 1 N–H and O–H groups in total. The molecule has 0 radical (unpaired) electrons. The molecule has 3 aromatic carbocycles. The first-order valence-electron chi connectivity index (χ1n) is 7.16. The number of amides is 1. The number of nitrogens with one attached hydrogen (secondary N) is 1. The average Bonchev–Trinajstić information content (AvgIpc) is 2.55. The second-order valence-electron chi connectivity index (χ2n) is 5.29. The second-order valence-corrected chi connectivity index (χ2v) is 5.29. The number of benzene rings is 3. The topological polar surface area (TPSA) is 29.1 Å². The van der Waals surface area contributed by atoms with Crippen molar-refractivity contribution in [2.24, 2.45) is 0 Å². The second kappa shape index (κ2) is 5.98. The number of carbonyl (C=O) groups excluding carboxylic acids is 1. The maximum atomic E-state index is 13.2. The Hall–Kier alpha value is -2.68. The van der Waals surface area contributed by atoms with Gasteiger partial charge in [0.15, 0.2) is 0 Å². The van der Waals surface area contributed by atoms with Crippen molar-refractivity contribution in [1.29, 1.82) is 0 Å². The van der Waals surface area contributed by atoms with Crippen molar-refractivity contribution in [2.75, 3.05) is 0 Å². The summed E-state index contributed by atoms with van der Waals surface area (Å²) in [6.45, 7) is 2.09. The molecule has 0 bridgehead atoms. The molecule has 1 amide bonds. The summed E-state index contributed by atoms with van der Waals surface area (Å²) in [5.74, 6) is -0.358. The standard InChI is InChI=1S/C19H16FNO/c1-13-11-14(9-10-18(13)20)12-21-19(22)17-8-4-6-15-5-2-3-7-16(15)17/h2-11H,12H2,1H3,(H,21,22). The van der Waals surface area contributed by atoms with Crippen molar-refractivity contribution in [1.82, 2.24) is 5.32 Å². The molecule has 0 aromatic heterocycles. The Labute approximate surface area is 128 Å². The summed E-state index contributed by atoms with van der Waals surface area (Å²) in [4.78, 5) is 12.4. The van der Waals surface area contributed by atoms with Gasteiger partial charge < -0.3 is 5.32 Å². The Morgan fingerprint density at radius 1 is 1.05 bits per heavy atom. The van der Waals surface area contributed by atoms with E-state index in [4.69, 9.17) is 0 Å². The van der Waals surface area contributed by atoms with Gasteiger partial charge in [-0.05, 0) is 41.0 Å². The number of aryl methyl sites for hydroxylation is 1. The summed E-state index contributed by atoms with van der Waals surface area (Å²) in [5, 5.41) is 4.86. The quantitative estimate of drug-likeness (QED) is 0.769. The number of halogens is 1. The summed E-state index contributed by atoms with van der Waals surface area (Å²) in [5.41, 5.74) is 2.11. The maximum Gasteiger partial charge on any atom is 0.252 e. The smallest absolute Gasteiger partial charge is 0.252 e. The minimum absolute atomic E-state index is 0.126. The van der Waals surface area contributed by atoms with Gasteiger partial charge in [0.1, 0.15) is 5.82 Å². The van der Waals surface area contributed by atoms with Crippen molar-refractivity contribution in [3.63, 3.8) is 0 Å². The van der Waals surface area contributed by atoms with Crippen LogP contribution < -0.4 is 5.32 Å². The lowest BCUT2D eigenvalue weighted by Gasteiger charge is -2.09. The van der Waals surface area contributed by atoms with Gasteiger partial charge in [-0.25, -0.2) is 4.39 Å². The highest BCUT2D eigenvalue weighted by Gasteiger charge is 2.09. The van der Waals surface area contributed by atoms with E-state index in [1.54, 1.807) is 19.1 Å². The van der Waals surface area contributed by atoms with Gasteiger partial charge in [-0.2, -0.15) is 0 Å². The molecule has 2 nitrogen and oxygen atoms in total. The van der Waals surface area contributed by atoms with E-state index >= 15 is 0 Å². The van der Waals surface area contributed by atoms with Crippen molar-refractivity contribution < 1.29 is 9.18 Å². The highest BCUT2D eigenvalue weighted by molar-refractivity contribution is 6.06. The molecule has 0 saturated heterocycles. The highest BCUT2D eigenvalue weighted by Crippen LogP contribution is 2.18. The largest absolute Gasteiger partial charge is 0.348 e. The molecule has 3 aromatic rings. The number of fused-ring (bicyclic) bond motifs is 1. The number of hydrogen-bond donors (Lipinski definition) is 1. The molecule has 0 saturated carbocycles. The lowest BCUT2D eigenvalue weighted by Crippen LogP contribution is -2.23. The summed E-state index contributed by atoms with van der Waals surface area (Å²) in [6.07, 6.45) is 0. The Morgan fingerprint density at radius 2 is 1.82 bits per heavy atom. The number of rotatable bonds is 3. The van der Waals surface area contributed by atoms with Gasteiger partial charge in [0, 0.05) is 12.1 Å². The van der Waals surface area contributed by atoms with Crippen molar-refractivity contribution >= 4 is 16.7 Å². The molecule has 0 fully saturated rings. The minimum atomic E-state index is -0.232. The summed E-state index contributed by atoms with van der Waals surface area (Å²) < 4.78 is 13.2. The van der Waals surface area contributed by atoms with Crippen LogP contribution in [0.1, 0.15) is 21.5 Å². The SMILES string of the molecule is Cc1cc(CNC(=O)c2cccc3ccccc23)ccc1F. The number of hydrogen-bond acceptors (Lipinski definition) is 1. The van der Waals surface area contributed by atoms with Gasteiger partial charge in [-0.3, -0.25) is 4.79 Å². The molecule has 0 atom stereocenters. The molecular formula is C19H16FNO. The lowest BCUT2D eigenvalue weighted by molar-refractivity contribution is 0.0952. The Bertz CT molecular complexity index is 836. The summed E-state index contributed by atoms with van der Waals surface area (Å²) in [7, 11) is 0. The Kier molecular flexibility index (Phi) is 3.88. The van der Waals surface area contributed by atoms with Crippen molar-refractivity contribution in [3.05, 3.63) is 83.2 Å². The van der Waals surface area contributed by atoms with Gasteiger partial charge >= 0.3 is 0 Å². The molecule has 3 heteroatoms. The predicted octanol–water partition coefficient (Wildman–Crippen LogP) is 4.22. The third-order valence-corrected chi connectivity index (χ3v) is 3.71. The maximum absolute atomic E-state index is 13.2. The van der Waals surface area contributed by atoms with Gasteiger partial charge in [-0.15, -0.1) is 0 Å². The summed E-state index contributed by atoms with van der Waals surface area (Å²) in [6, 6.07) is 18.3. The molecule has 110 valence electrons. The van der Waals surface area contributed by atoms with Crippen LogP contribution in [0.25, 0.3) is 10.8 Å².